The molecule has 2 nitrogen and oxygen atoms in total. The van der Waals surface area contributed by atoms with Crippen molar-refractivity contribution in [1.82, 2.24) is 5.32 Å². The van der Waals surface area contributed by atoms with Crippen molar-refractivity contribution in [3.63, 3.8) is 0 Å². The molecule has 0 aliphatic heterocycles. The van der Waals surface area contributed by atoms with Gasteiger partial charge >= 0.3 is 0 Å². The van der Waals surface area contributed by atoms with Gasteiger partial charge in [0.1, 0.15) is 0 Å². The van der Waals surface area contributed by atoms with E-state index in [9.17, 15) is 5.11 Å². The second-order valence-corrected chi connectivity index (χ2v) is 5.19. The van der Waals surface area contributed by atoms with Gasteiger partial charge in [-0.1, -0.05) is 13.3 Å². The maximum Gasteiger partial charge on any atom is 0.0541 e. The Balaban J connectivity index is 1.74. The van der Waals surface area contributed by atoms with Gasteiger partial charge in [-0.2, -0.15) is 0 Å². The largest absolute Gasteiger partial charge is 0.393 e. The Morgan fingerprint density at radius 1 is 1.00 bits per heavy atom. The predicted octanol–water partition coefficient (Wildman–Crippen LogP) is 2.07. The Morgan fingerprint density at radius 3 is 2.29 bits per heavy atom. The Kier molecular flexibility index (Phi) is 3.45. The average molecular weight is 197 g/mol. The van der Waals surface area contributed by atoms with Gasteiger partial charge in [0.15, 0.2) is 0 Å². The molecule has 2 atom stereocenters. The molecule has 2 rings (SSSR count). The van der Waals surface area contributed by atoms with Gasteiger partial charge in [-0.05, 0) is 44.4 Å². The van der Waals surface area contributed by atoms with Gasteiger partial charge in [-0.25, -0.2) is 0 Å². The van der Waals surface area contributed by atoms with E-state index >= 15 is 0 Å². The van der Waals surface area contributed by atoms with Crippen molar-refractivity contribution in [2.75, 3.05) is 0 Å². The Labute approximate surface area is 87.1 Å². The third-order valence-corrected chi connectivity index (χ3v) is 4.01. The van der Waals surface area contributed by atoms with Crippen LogP contribution in [0.15, 0.2) is 0 Å². The molecule has 0 amide bonds. The molecule has 0 bridgehead atoms. The summed E-state index contributed by atoms with van der Waals surface area (Å²) in [5, 5.41) is 13.2. The summed E-state index contributed by atoms with van der Waals surface area (Å²) < 4.78 is 0. The zero-order valence-electron chi connectivity index (χ0n) is 9.21. The molecule has 14 heavy (non-hydrogen) atoms. The van der Waals surface area contributed by atoms with Gasteiger partial charge < -0.3 is 10.4 Å². The SMILES string of the molecule is CC1CCCC1NC1CCC(O)CC1. The molecule has 0 radical (unpaired) electrons. The average Bonchev–Trinajstić information content (AvgIpc) is 2.56. The molecule has 2 aliphatic carbocycles. The lowest BCUT2D eigenvalue weighted by atomic mass is 9.92. The maximum absolute atomic E-state index is 9.41. The van der Waals surface area contributed by atoms with Crippen LogP contribution in [-0.2, 0) is 0 Å². The minimum atomic E-state index is -0.0194. The van der Waals surface area contributed by atoms with Crippen LogP contribution in [0.2, 0.25) is 0 Å². The Hall–Kier alpha value is -0.0800. The third-order valence-electron chi connectivity index (χ3n) is 4.01. The fraction of sp³-hybridized carbons (Fsp3) is 1.00. The number of hydrogen-bond donors (Lipinski definition) is 2. The second kappa shape index (κ2) is 4.63. The van der Waals surface area contributed by atoms with Crippen molar-refractivity contribution in [2.45, 2.75) is 70.1 Å². The molecule has 0 spiro atoms. The molecule has 0 heterocycles. The highest BCUT2D eigenvalue weighted by Gasteiger charge is 2.27. The smallest absolute Gasteiger partial charge is 0.0541 e. The van der Waals surface area contributed by atoms with E-state index in [1.54, 1.807) is 0 Å². The van der Waals surface area contributed by atoms with Crippen molar-refractivity contribution in [3.05, 3.63) is 0 Å². The lowest BCUT2D eigenvalue weighted by molar-refractivity contribution is 0.113. The van der Waals surface area contributed by atoms with Gasteiger partial charge in [0.25, 0.3) is 0 Å². The fourth-order valence-corrected chi connectivity index (χ4v) is 2.94. The lowest BCUT2D eigenvalue weighted by Crippen LogP contribution is -2.42. The molecule has 2 heteroatoms. The van der Waals surface area contributed by atoms with Gasteiger partial charge in [-0.15, -0.1) is 0 Å². The number of hydrogen-bond acceptors (Lipinski definition) is 2. The van der Waals surface area contributed by atoms with Crippen LogP contribution >= 0.6 is 0 Å². The van der Waals surface area contributed by atoms with Gasteiger partial charge in [0, 0.05) is 12.1 Å². The molecule has 2 saturated carbocycles. The van der Waals surface area contributed by atoms with E-state index < -0.39 is 0 Å². The van der Waals surface area contributed by atoms with Crippen LogP contribution in [0.4, 0.5) is 0 Å². The molecule has 0 aromatic heterocycles. The van der Waals surface area contributed by atoms with Crippen molar-refractivity contribution in [1.29, 1.82) is 0 Å². The van der Waals surface area contributed by atoms with Crippen LogP contribution < -0.4 is 5.32 Å². The van der Waals surface area contributed by atoms with Crippen LogP contribution in [0.5, 0.6) is 0 Å². The molecular formula is C12H23NO. The second-order valence-electron chi connectivity index (χ2n) is 5.19. The molecule has 0 aromatic carbocycles. The number of rotatable bonds is 2. The van der Waals surface area contributed by atoms with E-state index in [0.717, 1.165) is 24.8 Å². The van der Waals surface area contributed by atoms with E-state index in [1.807, 2.05) is 0 Å². The Bertz CT molecular complexity index is 175. The number of aliphatic hydroxyl groups excluding tert-OH is 1. The molecule has 2 N–H and O–H groups in total. The summed E-state index contributed by atoms with van der Waals surface area (Å²) in [6, 6.07) is 1.44. The monoisotopic (exact) mass is 197 g/mol. The Morgan fingerprint density at radius 2 is 1.71 bits per heavy atom. The standard InChI is InChI=1S/C12H23NO/c1-9-3-2-4-12(9)13-10-5-7-11(14)8-6-10/h9-14H,2-8H2,1H3. The summed E-state index contributed by atoms with van der Waals surface area (Å²) in [4.78, 5) is 0. The van der Waals surface area contributed by atoms with Gasteiger partial charge in [0.05, 0.1) is 6.10 Å². The minimum Gasteiger partial charge on any atom is -0.393 e. The van der Waals surface area contributed by atoms with Crippen molar-refractivity contribution in [3.8, 4) is 0 Å². The predicted molar refractivity (Wildman–Crippen MR) is 58.2 cm³/mol. The van der Waals surface area contributed by atoms with Crippen molar-refractivity contribution >= 4 is 0 Å². The zero-order chi connectivity index (χ0) is 9.97. The first-order valence-corrected chi connectivity index (χ1v) is 6.20. The first kappa shape index (κ1) is 10.4. The molecule has 0 saturated heterocycles. The summed E-state index contributed by atoms with van der Waals surface area (Å²) in [7, 11) is 0. The first-order chi connectivity index (χ1) is 6.75. The van der Waals surface area contributed by atoms with Gasteiger partial charge in [0.2, 0.25) is 0 Å². The van der Waals surface area contributed by atoms with E-state index in [-0.39, 0.29) is 6.10 Å². The van der Waals surface area contributed by atoms with Crippen LogP contribution in [0.1, 0.15) is 51.9 Å². The normalized spacial score (nSPS) is 44.1. The summed E-state index contributed by atoms with van der Waals surface area (Å²) in [5.74, 6) is 0.863. The highest BCUT2D eigenvalue weighted by atomic mass is 16.3. The van der Waals surface area contributed by atoms with Crippen LogP contribution in [0.25, 0.3) is 0 Å². The van der Waals surface area contributed by atoms with Crippen LogP contribution in [0, 0.1) is 5.92 Å². The quantitative estimate of drug-likeness (QED) is 0.710. The summed E-state index contributed by atoms with van der Waals surface area (Å²) >= 11 is 0. The molecular weight excluding hydrogens is 174 g/mol. The minimum absolute atomic E-state index is 0.0194. The van der Waals surface area contributed by atoms with Crippen LogP contribution in [-0.4, -0.2) is 23.3 Å². The van der Waals surface area contributed by atoms with E-state index in [2.05, 4.69) is 12.2 Å². The molecule has 2 aliphatic rings. The number of aliphatic hydroxyl groups is 1. The first-order valence-electron chi connectivity index (χ1n) is 6.20. The highest BCUT2D eigenvalue weighted by Crippen LogP contribution is 2.27. The molecule has 2 fully saturated rings. The summed E-state index contributed by atoms with van der Waals surface area (Å²) in [5.41, 5.74) is 0. The maximum atomic E-state index is 9.41. The van der Waals surface area contributed by atoms with Crippen molar-refractivity contribution in [2.24, 2.45) is 5.92 Å². The molecule has 2 unspecified atom stereocenters. The summed E-state index contributed by atoms with van der Waals surface area (Å²) in [6.45, 7) is 2.36. The van der Waals surface area contributed by atoms with Crippen molar-refractivity contribution < 1.29 is 5.11 Å². The van der Waals surface area contributed by atoms with E-state index in [0.29, 0.717) is 6.04 Å². The molecule has 0 aromatic rings. The topological polar surface area (TPSA) is 32.3 Å². The zero-order valence-corrected chi connectivity index (χ0v) is 9.21. The molecule has 82 valence electrons. The van der Waals surface area contributed by atoms with Gasteiger partial charge in [-0.3, -0.25) is 0 Å². The third kappa shape index (κ3) is 2.48. The fourth-order valence-electron chi connectivity index (χ4n) is 2.94. The highest BCUT2D eigenvalue weighted by molar-refractivity contribution is 4.85. The summed E-state index contributed by atoms with van der Waals surface area (Å²) in [6.07, 6.45) is 8.47. The van der Waals surface area contributed by atoms with Crippen LogP contribution in [0.3, 0.4) is 0 Å². The lowest BCUT2D eigenvalue weighted by Gasteiger charge is -2.30. The van der Waals surface area contributed by atoms with E-state index in [1.165, 1.54) is 32.1 Å². The van der Waals surface area contributed by atoms with E-state index in [4.69, 9.17) is 0 Å². The number of nitrogens with one attached hydrogen (secondary N) is 1.